The van der Waals surface area contributed by atoms with E-state index in [1.165, 1.54) is 36.8 Å². The number of piperidine rings is 1. The molecule has 1 N–H and O–H groups in total. The van der Waals surface area contributed by atoms with Crippen molar-refractivity contribution in [2.45, 2.75) is 29.1 Å². The molecule has 1 aromatic heterocycles. The highest BCUT2D eigenvalue weighted by Crippen LogP contribution is 2.31. The number of aromatic nitrogens is 1. The van der Waals surface area contributed by atoms with Crippen molar-refractivity contribution in [1.82, 2.24) is 13.6 Å². The number of nitrogens with one attached hydrogen (secondary N) is 1. The largest absolute Gasteiger partial charge is 0.302 e. The van der Waals surface area contributed by atoms with E-state index in [1.54, 1.807) is 18.2 Å². The fraction of sp³-hybridized carbons (Fsp3) is 0.318. The van der Waals surface area contributed by atoms with Crippen LogP contribution in [-0.4, -0.2) is 51.9 Å². The number of likely N-dealkylation sites (tertiary alicyclic amines) is 1. The van der Waals surface area contributed by atoms with Crippen molar-refractivity contribution in [3.63, 3.8) is 0 Å². The standard InChI is InChI=1S/C22H24N4O4S2/c23-16-18-8-7-11-20-22(18)21(17-26(20)32(29,30)19-9-3-1-4-10-19)31(27,28)24-12-15-25-13-5-2-6-14-25/h1,3-4,7-11,17,24H,2,5-6,12-15H2. The van der Waals surface area contributed by atoms with Crippen LogP contribution in [0.4, 0.5) is 0 Å². The van der Waals surface area contributed by atoms with Crippen molar-refractivity contribution in [3.05, 3.63) is 60.3 Å². The van der Waals surface area contributed by atoms with Crippen molar-refractivity contribution < 1.29 is 16.8 Å². The molecule has 10 heteroatoms. The summed E-state index contributed by atoms with van der Waals surface area (Å²) in [4.78, 5) is 2.01. The number of nitriles is 1. The molecular formula is C22H24N4O4S2. The molecule has 3 aromatic rings. The van der Waals surface area contributed by atoms with Gasteiger partial charge >= 0.3 is 0 Å². The molecule has 0 amide bonds. The van der Waals surface area contributed by atoms with Crippen LogP contribution in [0.1, 0.15) is 24.8 Å². The predicted molar refractivity (Wildman–Crippen MR) is 121 cm³/mol. The van der Waals surface area contributed by atoms with Crippen LogP contribution >= 0.6 is 0 Å². The van der Waals surface area contributed by atoms with E-state index >= 15 is 0 Å². The van der Waals surface area contributed by atoms with Gasteiger partial charge in [-0.2, -0.15) is 5.26 Å². The van der Waals surface area contributed by atoms with Gasteiger partial charge in [0.2, 0.25) is 10.0 Å². The van der Waals surface area contributed by atoms with Gasteiger partial charge in [-0.3, -0.25) is 0 Å². The van der Waals surface area contributed by atoms with Gasteiger partial charge in [-0.15, -0.1) is 0 Å². The first-order chi connectivity index (χ1) is 15.3. The topological polar surface area (TPSA) is 112 Å². The molecule has 0 bridgehead atoms. The monoisotopic (exact) mass is 472 g/mol. The van der Waals surface area contributed by atoms with E-state index in [2.05, 4.69) is 9.62 Å². The highest BCUT2D eigenvalue weighted by molar-refractivity contribution is 7.91. The Balaban J connectivity index is 1.75. The summed E-state index contributed by atoms with van der Waals surface area (Å²) < 4.78 is 56.4. The number of rotatable bonds is 7. The van der Waals surface area contributed by atoms with Crippen LogP contribution in [0.25, 0.3) is 10.9 Å². The lowest BCUT2D eigenvalue weighted by atomic mass is 10.1. The molecule has 0 unspecified atom stereocenters. The van der Waals surface area contributed by atoms with Gasteiger partial charge in [-0.25, -0.2) is 25.5 Å². The van der Waals surface area contributed by atoms with Crippen molar-refractivity contribution in [1.29, 1.82) is 5.26 Å². The Bertz CT molecular complexity index is 1370. The number of hydrogen-bond acceptors (Lipinski definition) is 6. The summed E-state index contributed by atoms with van der Waals surface area (Å²) in [6.45, 7) is 2.66. The smallest absolute Gasteiger partial charge is 0.268 e. The molecule has 1 aliphatic heterocycles. The Labute approximate surface area is 188 Å². The maximum Gasteiger partial charge on any atom is 0.268 e. The maximum atomic E-state index is 13.3. The summed E-state index contributed by atoms with van der Waals surface area (Å²) in [7, 11) is -8.12. The molecule has 0 aliphatic carbocycles. The summed E-state index contributed by atoms with van der Waals surface area (Å²) in [5.74, 6) is 0. The summed E-state index contributed by atoms with van der Waals surface area (Å²) in [5, 5.41) is 9.67. The third kappa shape index (κ3) is 4.29. The molecule has 0 radical (unpaired) electrons. The minimum atomic E-state index is -4.06. The van der Waals surface area contributed by atoms with Crippen molar-refractivity contribution in [3.8, 4) is 6.07 Å². The van der Waals surface area contributed by atoms with Gasteiger partial charge in [-0.1, -0.05) is 30.7 Å². The lowest BCUT2D eigenvalue weighted by Gasteiger charge is -2.26. The Morgan fingerprint density at radius 2 is 1.66 bits per heavy atom. The molecule has 2 heterocycles. The van der Waals surface area contributed by atoms with Gasteiger partial charge in [0.15, 0.2) is 0 Å². The van der Waals surface area contributed by atoms with E-state index in [-0.39, 0.29) is 32.8 Å². The molecule has 8 nitrogen and oxygen atoms in total. The van der Waals surface area contributed by atoms with Crippen LogP contribution in [0, 0.1) is 11.3 Å². The van der Waals surface area contributed by atoms with Gasteiger partial charge < -0.3 is 4.90 Å². The van der Waals surface area contributed by atoms with Crippen LogP contribution in [0.2, 0.25) is 0 Å². The van der Waals surface area contributed by atoms with Crippen LogP contribution in [0.5, 0.6) is 0 Å². The lowest BCUT2D eigenvalue weighted by molar-refractivity contribution is 0.233. The van der Waals surface area contributed by atoms with Crippen molar-refractivity contribution >= 4 is 30.9 Å². The second-order valence-corrected chi connectivity index (χ2v) is 11.3. The summed E-state index contributed by atoms with van der Waals surface area (Å²) >= 11 is 0. The molecule has 0 atom stereocenters. The van der Waals surface area contributed by atoms with Gasteiger partial charge in [0, 0.05) is 24.7 Å². The molecule has 1 aliphatic rings. The predicted octanol–water partition coefficient (Wildman–Crippen LogP) is 2.51. The molecular weight excluding hydrogens is 448 g/mol. The maximum absolute atomic E-state index is 13.3. The number of sulfonamides is 1. The highest BCUT2D eigenvalue weighted by atomic mass is 32.2. The van der Waals surface area contributed by atoms with E-state index in [0.29, 0.717) is 6.54 Å². The average Bonchev–Trinajstić information content (AvgIpc) is 3.22. The first-order valence-electron chi connectivity index (χ1n) is 10.4. The molecule has 0 saturated carbocycles. The third-order valence-corrected chi connectivity index (χ3v) is 8.80. The minimum absolute atomic E-state index is 0.0290. The first-order valence-corrected chi connectivity index (χ1v) is 13.3. The van der Waals surface area contributed by atoms with Crippen LogP contribution < -0.4 is 4.72 Å². The quantitative estimate of drug-likeness (QED) is 0.565. The van der Waals surface area contributed by atoms with E-state index in [1.807, 2.05) is 6.07 Å². The second kappa shape index (κ2) is 9.03. The van der Waals surface area contributed by atoms with Gasteiger partial charge in [0.25, 0.3) is 10.0 Å². The van der Waals surface area contributed by atoms with Crippen LogP contribution in [-0.2, 0) is 20.0 Å². The van der Waals surface area contributed by atoms with E-state index in [4.69, 9.17) is 0 Å². The summed E-state index contributed by atoms with van der Waals surface area (Å²) in [6.07, 6.45) is 4.48. The molecule has 32 heavy (non-hydrogen) atoms. The fourth-order valence-corrected chi connectivity index (χ4v) is 6.72. The minimum Gasteiger partial charge on any atom is -0.302 e. The zero-order valence-electron chi connectivity index (χ0n) is 17.4. The molecule has 4 rings (SSSR count). The van der Waals surface area contributed by atoms with Crippen LogP contribution in [0.3, 0.4) is 0 Å². The number of fused-ring (bicyclic) bond motifs is 1. The van der Waals surface area contributed by atoms with Gasteiger partial charge in [-0.05, 0) is 50.2 Å². The van der Waals surface area contributed by atoms with E-state index in [9.17, 15) is 22.1 Å². The van der Waals surface area contributed by atoms with Crippen molar-refractivity contribution in [2.24, 2.45) is 0 Å². The Morgan fingerprint density at radius 1 is 0.938 bits per heavy atom. The second-order valence-electron chi connectivity index (χ2n) is 7.72. The Morgan fingerprint density at radius 3 is 2.34 bits per heavy atom. The Kier molecular flexibility index (Phi) is 6.35. The summed E-state index contributed by atoms with van der Waals surface area (Å²) in [5.41, 5.74) is 0.241. The number of benzene rings is 2. The molecule has 0 spiro atoms. The third-order valence-electron chi connectivity index (χ3n) is 5.64. The zero-order valence-corrected chi connectivity index (χ0v) is 19.1. The molecule has 2 aromatic carbocycles. The first kappa shape index (κ1) is 22.5. The van der Waals surface area contributed by atoms with Gasteiger partial charge in [0.05, 0.1) is 22.0 Å². The van der Waals surface area contributed by atoms with E-state index in [0.717, 1.165) is 36.1 Å². The normalized spacial score (nSPS) is 15.6. The van der Waals surface area contributed by atoms with E-state index < -0.39 is 20.0 Å². The molecule has 168 valence electrons. The average molecular weight is 473 g/mol. The Hall–Kier alpha value is -2.71. The van der Waals surface area contributed by atoms with Crippen LogP contribution in [0.15, 0.2) is 64.5 Å². The van der Waals surface area contributed by atoms with Gasteiger partial charge in [0.1, 0.15) is 4.90 Å². The fourth-order valence-electron chi connectivity index (χ4n) is 4.02. The lowest BCUT2D eigenvalue weighted by Crippen LogP contribution is -2.37. The molecule has 1 saturated heterocycles. The SMILES string of the molecule is N#Cc1cccc2c1c(S(=O)(=O)NCCN1CCCCC1)cn2S(=O)(=O)c1ccccc1. The highest BCUT2D eigenvalue weighted by Gasteiger charge is 2.28. The van der Waals surface area contributed by atoms with Crippen molar-refractivity contribution in [2.75, 3.05) is 26.2 Å². The zero-order chi connectivity index (χ0) is 22.8. The number of hydrogen-bond donors (Lipinski definition) is 1. The molecule has 1 fully saturated rings. The number of nitrogens with zero attached hydrogens (tertiary/aromatic N) is 3. The summed E-state index contributed by atoms with van der Waals surface area (Å²) in [6, 6.07) is 14.3.